The Morgan fingerprint density at radius 3 is 2.75 bits per heavy atom. The van der Waals surface area contributed by atoms with E-state index in [4.69, 9.17) is 14.6 Å². The molecule has 1 rings (SSSR count). The minimum atomic E-state index is -3.48. The molecule has 6 nitrogen and oxygen atoms in total. The molecule has 16 heavy (non-hydrogen) atoms. The van der Waals surface area contributed by atoms with Gasteiger partial charge in [-0.05, 0) is 6.92 Å². The smallest absolute Gasteiger partial charge is 0.216 e. The van der Waals surface area contributed by atoms with Crippen LogP contribution in [0.1, 0.15) is 13.3 Å². The Morgan fingerprint density at radius 2 is 2.31 bits per heavy atom. The molecule has 2 atom stereocenters. The van der Waals surface area contributed by atoms with Gasteiger partial charge in [0.1, 0.15) is 5.60 Å². The van der Waals surface area contributed by atoms with E-state index in [0.717, 1.165) is 0 Å². The molecule has 0 saturated carbocycles. The topological polar surface area (TPSA) is 84.9 Å². The van der Waals surface area contributed by atoms with Gasteiger partial charge in [0.15, 0.2) is 0 Å². The summed E-state index contributed by atoms with van der Waals surface area (Å²) in [5.41, 5.74) is -0.567. The standard InChI is InChI=1S/C9H19NO5S/c1-8(5-11)16(12,13)10-6-9(14-2)3-4-15-7-9/h8,10-11H,3-7H2,1-2H3. The summed E-state index contributed by atoms with van der Waals surface area (Å²) in [6, 6.07) is 0. The van der Waals surface area contributed by atoms with E-state index in [2.05, 4.69) is 4.72 Å². The van der Waals surface area contributed by atoms with Crippen molar-refractivity contribution in [1.82, 2.24) is 4.72 Å². The Bertz CT molecular complexity index is 310. The first-order chi connectivity index (χ1) is 7.46. The molecule has 96 valence electrons. The van der Waals surface area contributed by atoms with E-state index in [-0.39, 0.29) is 6.54 Å². The summed E-state index contributed by atoms with van der Waals surface area (Å²) in [4.78, 5) is 0. The number of methoxy groups -OCH3 is 1. The van der Waals surface area contributed by atoms with Crippen molar-refractivity contribution >= 4 is 10.0 Å². The third-order valence-corrected chi connectivity index (χ3v) is 4.64. The number of rotatable bonds is 6. The van der Waals surface area contributed by atoms with Crippen molar-refractivity contribution in [3.05, 3.63) is 0 Å². The SMILES string of the molecule is COC1(CNS(=O)(=O)C(C)CO)CCOC1. The quantitative estimate of drug-likeness (QED) is 0.640. The number of aliphatic hydroxyl groups is 1. The summed E-state index contributed by atoms with van der Waals surface area (Å²) in [6.45, 7) is 2.19. The fraction of sp³-hybridized carbons (Fsp3) is 1.00. The van der Waals surface area contributed by atoms with Gasteiger partial charge in [-0.3, -0.25) is 0 Å². The van der Waals surface area contributed by atoms with Gasteiger partial charge < -0.3 is 14.6 Å². The van der Waals surface area contributed by atoms with Crippen LogP contribution in [-0.4, -0.2) is 57.9 Å². The molecule has 0 amide bonds. The zero-order valence-electron chi connectivity index (χ0n) is 9.60. The molecular weight excluding hydrogens is 234 g/mol. The van der Waals surface area contributed by atoms with Gasteiger partial charge >= 0.3 is 0 Å². The van der Waals surface area contributed by atoms with Gasteiger partial charge in [-0.1, -0.05) is 0 Å². The fourth-order valence-corrected chi connectivity index (χ4v) is 2.38. The highest BCUT2D eigenvalue weighted by atomic mass is 32.2. The van der Waals surface area contributed by atoms with Crippen LogP contribution in [0.25, 0.3) is 0 Å². The maximum atomic E-state index is 11.6. The lowest BCUT2D eigenvalue weighted by Crippen LogP contribution is -2.47. The number of sulfonamides is 1. The average molecular weight is 253 g/mol. The molecule has 0 spiro atoms. The average Bonchev–Trinajstić information content (AvgIpc) is 2.75. The summed E-state index contributed by atoms with van der Waals surface area (Å²) in [6.07, 6.45) is 0.666. The molecule has 2 unspecified atom stereocenters. The summed E-state index contributed by atoms with van der Waals surface area (Å²) in [5.74, 6) is 0. The Hall–Kier alpha value is -0.210. The second kappa shape index (κ2) is 5.42. The maximum Gasteiger partial charge on any atom is 0.216 e. The number of hydrogen-bond acceptors (Lipinski definition) is 5. The number of nitrogens with one attached hydrogen (secondary N) is 1. The molecular formula is C9H19NO5S. The van der Waals surface area contributed by atoms with Crippen molar-refractivity contribution in [3.8, 4) is 0 Å². The Morgan fingerprint density at radius 1 is 1.62 bits per heavy atom. The summed E-state index contributed by atoms with van der Waals surface area (Å²) in [5, 5.41) is 7.99. The van der Waals surface area contributed by atoms with E-state index in [1.165, 1.54) is 6.92 Å². The molecule has 1 heterocycles. The predicted octanol–water partition coefficient (Wildman–Crippen LogP) is -0.908. The largest absolute Gasteiger partial charge is 0.395 e. The summed E-state index contributed by atoms with van der Waals surface area (Å²) < 4.78 is 36.2. The highest BCUT2D eigenvalue weighted by Crippen LogP contribution is 2.21. The monoisotopic (exact) mass is 253 g/mol. The normalized spacial score (nSPS) is 28.2. The number of hydrogen-bond donors (Lipinski definition) is 2. The first-order valence-corrected chi connectivity index (χ1v) is 6.73. The summed E-state index contributed by atoms with van der Waals surface area (Å²) >= 11 is 0. The van der Waals surface area contributed by atoms with E-state index in [1.54, 1.807) is 7.11 Å². The van der Waals surface area contributed by atoms with E-state index < -0.39 is 27.5 Å². The van der Waals surface area contributed by atoms with Crippen LogP contribution in [0.2, 0.25) is 0 Å². The Balaban J connectivity index is 2.56. The lowest BCUT2D eigenvalue weighted by molar-refractivity contribution is -0.0121. The third kappa shape index (κ3) is 3.14. The molecule has 1 aliphatic heterocycles. The molecule has 0 aromatic heterocycles. The minimum Gasteiger partial charge on any atom is -0.395 e. The van der Waals surface area contributed by atoms with Crippen LogP contribution in [0.15, 0.2) is 0 Å². The number of aliphatic hydroxyl groups excluding tert-OH is 1. The van der Waals surface area contributed by atoms with Crippen molar-refractivity contribution in [2.24, 2.45) is 0 Å². The van der Waals surface area contributed by atoms with Crippen LogP contribution < -0.4 is 4.72 Å². The van der Waals surface area contributed by atoms with Crippen LogP contribution in [-0.2, 0) is 19.5 Å². The second-order valence-corrected chi connectivity index (χ2v) is 6.23. The molecule has 2 N–H and O–H groups in total. The molecule has 0 aliphatic carbocycles. The highest BCUT2D eigenvalue weighted by molar-refractivity contribution is 7.90. The van der Waals surface area contributed by atoms with Crippen molar-refractivity contribution in [3.63, 3.8) is 0 Å². The van der Waals surface area contributed by atoms with Crippen molar-refractivity contribution in [2.75, 3.05) is 33.5 Å². The predicted molar refractivity (Wildman–Crippen MR) is 58.6 cm³/mol. The highest BCUT2D eigenvalue weighted by Gasteiger charge is 2.36. The van der Waals surface area contributed by atoms with Crippen molar-refractivity contribution in [1.29, 1.82) is 0 Å². The molecule has 0 radical (unpaired) electrons. The lowest BCUT2D eigenvalue weighted by Gasteiger charge is -2.26. The van der Waals surface area contributed by atoms with Crippen molar-refractivity contribution in [2.45, 2.75) is 24.2 Å². The van der Waals surface area contributed by atoms with Gasteiger partial charge in [0.05, 0.1) is 18.5 Å². The van der Waals surface area contributed by atoms with Crippen LogP contribution in [0.3, 0.4) is 0 Å². The molecule has 1 aliphatic rings. The van der Waals surface area contributed by atoms with E-state index >= 15 is 0 Å². The Kier molecular flexibility index (Phi) is 4.69. The molecule has 0 aromatic rings. The van der Waals surface area contributed by atoms with Crippen LogP contribution >= 0.6 is 0 Å². The second-order valence-electron chi connectivity index (χ2n) is 4.05. The lowest BCUT2D eigenvalue weighted by atomic mass is 10.0. The number of ether oxygens (including phenoxy) is 2. The maximum absolute atomic E-state index is 11.6. The van der Waals surface area contributed by atoms with Crippen molar-refractivity contribution < 1.29 is 23.0 Å². The Labute approximate surface area is 96.0 Å². The third-order valence-electron chi connectivity index (χ3n) is 2.88. The first-order valence-electron chi connectivity index (χ1n) is 5.18. The minimum absolute atomic E-state index is 0.177. The van der Waals surface area contributed by atoms with Gasteiger partial charge in [0.2, 0.25) is 10.0 Å². The first kappa shape index (κ1) is 13.9. The van der Waals surface area contributed by atoms with Crippen LogP contribution in [0, 0.1) is 0 Å². The van der Waals surface area contributed by atoms with Crippen LogP contribution in [0.4, 0.5) is 0 Å². The molecule has 1 fully saturated rings. The van der Waals surface area contributed by atoms with E-state index in [1.807, 2.05) is 0 Å². The molecule has 7 heteroatoms. The zero-order chi connectivity index (χ0) is 12.2. The zero-order valence-corrected chi connectivity index (χ0v) is 10.4. The summed E-state index contributed by atoms with van der Waals surface area (Å²) in [7, 11) is -1.94. The fourth-order valence-electron chi connectivity index (χ4n) is 1.43. The van der Waals surface area contributed by atoms with Crippen LogP contribution in [0.5, 0.6) is 0 Å². The van der Waals surface area contributed by atoms with Gasteiger partial charge in [-0.15, -0.1) is 0 Å². The van der Waals surface area contributed by atoms with Gasteiger partial charge in [-0.2, -0.15) is 0 Å². The molecule has 0 bridgehead atoms. The van der Waals surface area contributed by atoms with E-state index in [0.29, 0.717) is 19.6 Å². The molecule has 0 aromatic carbocycles. The van der Waals surface area contributed by atoms with Gasteiger partial charge in [0, 0.05) is 26.7 Å². The molecule has 1 saturated heterocycles. The van der Waals surface area contributed by atoms with Gasteiger partial charge in [0.25, 0.3) is 0 Å². The van der Waals surface area contributed by atoms with Gasteiger partial charge in [-0.25, -0.2) is 13.1 Å². The van der Waals surface area contributed by atoms with E-state index in [9.17, 15) is 8.42 Å².